The van der Waals surface area contributed by atoms with E-state index in [0.717, 1.165) is 24.1 Å². The van der Waals surface area contributed by atoms with E-state index >= 15 is 0 Å². The molecule has 1 fully saturated rings. The largest absolute Gasteiger partial charge is 0.444 e. The normalized spacial score (nSPS) is 18.2. The Bertz CT molecular complexity index is 825. The highest BCUT2D eigenvalue weighted by Crippen LogP contribution is 2.21. The van der Waals surface area contributed by atoms with Crippen LogP contribution in [0.3, 0.4) is 0 Å². The molecule has 2 amide bonds. The average molecular weight is 399 g/mol. The van der Waals surface area contributed by atoms with Gasteiger partial charge < -0.3 is 19.5 Å². The molecule has 2 atom stereocenters. The minimum atomic E-state index is -0.538. The molecule has 3 rings (SSSR count). The van der Waals surface area contributed by atoms with E-state index in [1.54, 1.807) is 17.4 Å². The number of carbonyl (C=O) groups excluding carboxylic acids is 2. The number of hydrogen-bond acceptors (Lipinski definition) is 4. The summed E-state index contributed by atoms with van der Waals surface area (Å²) in [4.78, 5) is 30.8. The molecule has 2 unspecified atom stereocenters. The van der Waals surface area contributed by atoms with Crippen molar-refractivity contribution in [1.82, 2.24) is 19.8 Å². The molecule has 29 heavy (non-hydrogen) atoms. The van der Waals surface area contributed by atoms with Gasteiger partial charge in [-0.05, 0) is 58.2 Å². The molecule has 1 aromatic heterocycles. The van der Waals surface area contributed by atoms with E-state index in [-0.39, 0.29) is 24.0 Å². The summed E-state index contributed by atoms with van der Waals surface area (Å²) in [7, 11) is 0. The molecular weight excluding hydrogens is 368 g/mol. The van der Waals surface area contributed by atoms with Crippen molar-refractivity contribution in [2.45, 2.75) is 52.2 Å². The minimum absolute atomic E-state index is 0.0237. The number of piperidine rings is 1. The van der Waals surface area contributed by atoms with Crippen molar-refractivity contribution in [2.24, 2.45) is 5.92 Å². The van der Waals surface area contributed by atoms with Crippen LogP contribution in [0.15, 0.2) is 43.0 Å². The van der Waals surface area contributed by atoms with Crippen LogP contribution in [-0.4, -0.2) is 45.1 Å². The highest BCUT2D eigenvalue weighted by atomic mass is 16.6. The van der Waals surface area contributed by atoms with E-state index < -0.39 is 5.60 Å². The second-order valence-corrected chi connectivity index (χ2v) is 8.56. The van der Waals surface area contributed by atoms with Gasteiger partial charge in [0.15, 0.2) is 0 Å². The van der Waals surface area contributed by atoms with Gasteiger partial charge >= 0.3 is 6.09 Å². The molecule has 0 radical (unpaired) electrons. The fraction of sp³-hybridized carbons (Fsp3) is 0.500. The molecule has 7 nitrogen and oxygen atoms in total. The molecule has 1 aliphatic heterocycles. The quantitative estimate of drug-likeness (QED) is 0.852. The van der Waals surface area contributed by atoms with Crippen molar-refractivity contribution < 1.29 is 14.3 Å². The molecule has 1 N–H and O–H groups in total. The molecule has 1 saturated heterocycles. The number of hydrogen-bond donors (Lipinski definition) is 1. The fourth-order valence-corrected chi connectivity index (χ4v) is 3.45. The highest BCUT2D eigenvalue weighted by Gasteiger charge is 2.31. The van der Waals surface area contributed by atoms with Crippen molar-refractivity contribution in [3.05, 3.63) is 48.5 Å². The van der Waals surface area contributed by atoms with Crippen LogP contribution < -0.4 is 5.32 Å². The molecule has 0 saturated carbocycles. The van der Waals surface area contributed by atoms with Gasteiger partial charge in [0, 0.05) is 31.2 Å². The van der Waals surface area contributed by atoms with Gasteiger partial charge in [-0.25, -0.2) is 9.78 Å². The number of carbonyl (C=O) groups is 2. The van der Waals surface area contributed by atoms with E-state index in [1.165, 1.54) is 0 Å². The van der Waals surface area contributed by atoms with Crippen LogP contribution in [0.4, 0.5) is 4.79 Å². The lowest BCUT2D eigenvalue weighted by molar-refractivity contribution is -0.127. The molecule has 7 heteroatoms. The molecule has 0 bridgehead atoms. The lowest BCUT2D eigenvalue weighted by Gasteiger charge is -2.34. The molecule has 0 spiro atoms. The second-order valence-electron chi connectivity index (χ2n) is 8.56. The maximum Gasteiger partial charge on any atom is 0.410 e. The summed E-state index contributed by atoms with van der Waals surface area (Å²) in [5.41, 5.74) is 1.51. The Kier molecular flexibility index (Phi) is 6.25. The van der Waals surface area contributed by atoms with Gasteiger partial charge in [-0.1, -0.05) is 12.1 Å². The van der Waals surface area contributed by atoms with Crippen LogP contribution >= 0.6 is 0 Å². The molecule has 2 heterocycles. The lowest BCUT2D eigenvalue weighted by Crippen LogP contribution is -2.47. The number of nitrogens with one attached hydrogen (secondary N) is 1. The summed E-state index contributed by atoms with van der Waals surface area (Å²) < 4.78 is 7.38. The van der Waals surface area contributed by atoms with Gasteiger partial charge in [0.25, 0.3) is 0 Å². The van der Waals surface area contributed by atoms with E-state index in [0.29, 0.717) is 13.1 Å². The third-order valence-corrected chi connectivity index (χ3v) is 5.00. The third-order valence-electron chi connectivity index (χ3n) is 5.00. The zero-order valence-electron chi connectivity index (χ0n) is 17.6. The van der Waals surface area contributed by atoms with Crippen LogP contribution in [0, 0.1) is 5.92 Å². The maximum absolute atomic E-state index is 12.8. The van der Waals surface area contributed by atoms with E-state index in [1.807, 2.05) is 62.7 Å². The first-order valence-corrected chi connectivity index (χ1v) is 10.1. The van der Waals surface area contributed by atoms with E-state index in [2.05, 4.69) is 10.3 Å². The number of likely N-dealkylation sites (tertiary alicyclic amines) is 1. The van der Waals surface area contributed by atoms with Gasteiger partial charge in [-0.15, -0.1) is 0 Å². The molecule has 0 aliphatic carbocycles. The Morgan fingerprint density at radius 3 is 2.59 bits per heavy atom. The van der Waals surface area contributed by atoms with Crippen molar-refractivity contribution in [2.75, 3.05) is 13.1 Å². The summed E-state index contributed by atoms with van der Waals surface area (Å²) in [5, 5.41) is 3.09. The molecule has 1 aromatic carbocycles. The van der Waals surface area contributed by atoms with Crippen LogP contribution in [0.1, 0.15) is 52.1 Å². The predicted molar refractivity (Wildman–Crippen MR) is 111 cm³/mol. The fourth-order valence-electron chi connectivity index (χ4n) is 3.45. The Labute approximate surface area is 172 Å². The standard InChI is InChI=1S/C22H30N4O3/c1-16(17-7-9-19(10-8-17)26-13-11-23-15-26)24-20(27)18-6-5-12-25(14-18)21(28)29-22(2,3)4/h7-11,13,15-16,18H,5-6,12,14H2,1-4H3,(H,24,27). The van der Waals surface area contributed by atoms with Crippen LogP contribution in [-0.2, 0) is 9.53 Å². The molecule has 2 aromatic rings. The van der Waals surface area contributed by atoms with Gasteiger partial charge in [0.2, 0.25) is 5.91 Å². The number of imidazole rings is 1. The molecule has 156 valence electrons. The van der Waals surface area contributed by atoms with Gasteiger partial charge in [-0.2, -0.15) is 0 Å². The number of rotatable bonds is 4. The maximum atomic E-state index is 12.8. The summed E-state index contributed by atoms with van der Waals surface area (Å²) in [6, 6.07) is 7.91. The average Bonchev–Trinajstić information content (AvgIpc) is 3.21. The van der Waals surface area contributed by atoms with Crippen LogP contribution in [0.5, 0.6) is 0 Å². The Hall–Kier alpha value is -2.83. The lowest BCUT2D eigenvalue weighted by atomic mass is 9.96. The van der Waals surface area contributed by atoms with Gasteiger partial charge in [-0.3, -0.25) is 4.79 Å². The second kappa shape index (κ2) is 8.68. The minimum Gasteiger partial charge on any atom is -0.444 e. The van der Waals surface area contributed by atoms with E-state index in [4.69, 9.17) is 4.74 Å². The first-order valence-electron chi connectivity index (χ1n) is 10.1. The van der Waals surface area contributed by atoms with Crippen molar-refractivity contribution in [3.8, 4) is 5.69 Å². The summed E-state index contributed by atoms with van der Waals surface area (Å²) >= 11 is 0. The topological polar surface area (TPSA) is 76.5 Å². The number of nitrogens with zero attached hydrogens (tertiary/aromatic N) is 3. The zero-order valence-corrected chi connectivity index (χ0v) is 17.6. The van der Waals surface area contributed by atoms with Crippen LogP contribution in [0.2, 0.25) is 0 Å². The Balaban J connectivity index is 1.57. The van der Waals surface area contributed by atoms with E-state index in [9.17, 15) is 9.59 Å². The summed E-state index contributed by atoms with van der Waals surface area (Å²) in [6.07, 6.45) is 6.60. The number of aromatic nitrogens is 2. The predicted octanol–water partition coefficient (Wildman–Crippen LogP) is 3.70. The monoisotopic (exact) mass is 398 g/mol. The SMILES string of the molecule is CC(NC(=O)C1CCCN(C(=O)OC(C)(C)C)C1)c1ccc(-n2ccnc2)cc1. The highest BCUT2D eigenvalue weighted by molar-refractivity contribution is 5.80. The summed E-state index contributed by atoms with van der Waals surface area (Å²) in [5.74, 6) is -0.242. The first-order chi connectivity index (χ1) is 13.7. The van der Waals surface area contributed by atoms with Gasteiger partial charge in [0.1, 0.15) is 5.60 Å². The Morgan fingerprint density at radius 2 is 1.97 bits per heavy atom. The molecular formula is C22H30N4O3. The Morgan fingerprint density at radius 1 is 1.24 bits per heavy atom. The zero-order chi connectivity index (χ0) is 21.0. The smallest absolute Gasteiger partial charge is 0.410 e. The number of benzene rings is 1. The molecule has 1 aliphatic rings. The van der Waals surface area contributed by atoms with Crippen LogP contribution in [0.25, 0.3) is 5.69 Å². The summed E-state index contributed by atoms with van der Waals surface area (Å²) in [6.45, 7) is 8.53. The van der Waals surface area contributed by atoms with Crippen molar-refractivity contribution in [3.63, 3.8) is 0 Å². The van der Waals surface area contributed by atoms with Gasteiger partial charge in [0.05, 0.1) is 18.3 Å². The number of amides is 2. The van der Waals surface area contributed by atoms with Crippen molar-refractivity contribution in [1.29, 1.82) is 0 Å². The number of ether oxygens (including phenoxy) is 1. The third kappa shape index (κ3) is 5.59. The van der Waals surface area contributed by atoms with Crippen molar-refractivity contribution >= 4 is 12.0 Å². The first kappa shape index (κ1) is 20.9.